The van der Waals surface area contributed by atoms with Crippen molar-refractivity contribution in [2.75, 3.05) is 6.61 Å². The van der Waals surface area contributed by atoms with Gasteiger partial charge in [0.1, 0.15) is 0 Å². The van der Waals surface area contributed by atoms with Gasteiger partial charge in [-0.25, -0.2) is 10.2 Å². The number of aromatic amines is 1. The number of fused-ring (bicyclic) bond motifs is 1. The molecule has 0 aliphatic heterocycles. The molecular weight excluding hydrogens is 246 g/mol. The van der Waals surface area contributed by atoms with E-state index in [4.69, 9.17) is 0 Å². The van der Waals surface area contributed by atoms with Crippen LogP contribution < -0.4 is 11.0 Å². The second kappa shape index (κ2) is 5.81. The van der Waals surface area contributed by atoms with Crippen LogP contribution in [0.15, 0.2) is 40.2 Å². The van der Waals surface area contributed by atoms with Crippen molar-refractivity contribution in [3.63, 3.8) is 0 Å². The standard InChI is InChI=1S/C13H13N3O3/c1-2-19-13(18)16-14-8-10-7-9-5-3-4-6-11(9)15-12(10)17/h3-8H,2H2,1H3,(H,15,17)(H,16,18)/b14-8+. The van der Waals surface area contributed by atoms with Crippen molar-refractivity contribution in [1.82, 2.24) is 10.4 Å². The van der Waals surface area contributed by atoms with Crippen molar-refractivity contribution in [3.05, 3.63) is 46.2 Å². The van der Waals surface area contributed by atoms with Crippen molar-refractivity contribution in [3.8, 4) is 0 Å². The summed E-state index contributed by atoms with van der Waals surface area (Å²) in [6.07, 6.45) is 0.623. The van der Waals surface area contributed by atoms with Crippen molar-refractivity contribution in [1.29, 1.82) is 0 Å². The summed E-state index contributed by atoms with van der Waals surface area (Å²) in [6, 6.07) is 9.10. The first-order valence-electron chi connectivity index (χ1n) is 5.78. The fourth-order valence-corrected chi connectivity index (χ4v) is 1.58. The molecule has 0 aliphatic carbocycles. The number of nitrogens with one attached hydrogen (secondary N) is 2. The Morgan fingerprint density at radius 2 is 2.26 bits per heavy atom. The maximum atomic E-state index is 11.7. The van der Waals surface area contributed by atoms with Crippen LogP contribution in [0.1, 0.15) is 12.5 Å². The van der Waals surface area contributed by atoms with Crippen LogP contribution in [-0.4, -0.2) is 23.9 Å². The highest BCUT2D eigenvalue weighted by Crippen LogP contribution is 2.08. The summed E-state index contributed by atoms with van der Waals surface area (Å²) in [5, 5.41) is 4.55. The van der Waals surface area contributed by atoms with Crippen LogP contribution in [0.3, 0.4) is 0 Å². The Bertz CT molecular complexity index is 676. The molecule has 0 atom stereocenters. The third-order valence-electron chi connectivity index (χ3n) is 2.42. The van der Waals surface area contributed by atoms with Crippen LogP contribution >= 0.6 is 0 Å². The third kappa shape index (κ3) is 3.19. The molecule has 98 valence electrons. The molecule has 0 fully saturated rings. The number of aromatic nitrogens is 1. The van der Waals surface area contributed by atoms with E-state index in [-0.39, 0.29) is 12.2 Å². The van der Waals surface area contributed by atoms with E-state index in [0.717, 1.165) is 10.9 Å². The summed E-state index contributed by atoms with van der Waals surface area (Å²) in [4.78, 5) is 25.5. The number of hydrogen-bond donors (Lipinski definition) is 2. The highest BCUT2D eigenvalue weighted by Gasteiger charge is 2.00. The zero-order chi connectivity index (χ0) is 13.7. The molecule has 0 bridgehead atoms. The van der Waals surface area contributed by atoms with E-state index in [9.17, 15) is 9.59 Å². The Balaban J connectivity index is 2.21. The summed E-state index contributed by atoms with van der Waals surface area (Å²) in [5.74, 6) is 0. The number of benzene rings is 1. The lowest BCUT2D eigenvalue weighted by atomic mass is 10.2. The minimum Gasteiger partial charge on any atom is -0.449 e. The number of carbonyl (C=O) groups excluding carboxylic acids is 1. The first kappa shape index (κ1) is 12.8. The van der Waals surface area contributed by atoms with E-state index in [1.165, 1.54) is 6.21 Å². The number of H-pyrrole nitrogens is 1. The molecule has 1 heterocycles. The van der Waals surface area contributed by atoms with Gasteiger partial charge in [0.05, 0.1) is 18.4 Å². The van der Waals surface area contributed by atoms with Crippen molar-refractivity contribution >= 4 is 23.2 Å². The average molecular weight is 259 g/mol. The molecule has 0 saturated carbocycles. The monoisotopic (exact) mass is 259 g/mol. The second-order valence-corrected chi connectivity index (χ2v) is 3.73. The number of para-hydroxylation sites is 1. The summed E-state index contributed by atoms with van der Waals surface area (Å²) >= 11 is 0. The van der Waals surface area contributed by atoms with Gasteiger partial charge in [-0.3, -0.25) is 4.79 Å². The van der Waals surface area contributed by atoms with E-state index in [1.807, 2.05) is 24.3 Å². The van der Waals surface area contributed by atoms with Gasteiger partial charge in [0, 0.05) is 5.52 Å². The highest BCUT2D eigenvalue weighted by molar-refractivity contribution is 5.87. The average Bonchev–Trinajstić information content (AvgIpc) is 2.39. The van der Waals surface area contributed by atoms with E-state index in [1.54, 1.807) is 13.0 Å². The number of hydrogen-bond acceptors (Lipinski definition) is 4. The molecule has 0 spiro atoms. The molecule has 0 aliphatic rings. The number of ether oxygens (including phenoxy) is 1. The maximum Gasteiger partial charge on any atom is 0.427 e. The SMILES string of the molecule is CCOC(=O)N/N=C/c1cc2ccccc2[nH]c1=O. The van der Waals surface area contributed by atoms with Gasteiger partial charge in [-0.05, 0) is 24.4 Å². The Morgan fingerprint density at radius 3 is 3.05 bits per heavy atom. The predicted molar refractivity (Wildman–Crippen MR) is 72.3 cm³/mol. The molecule has 0 unspecified atom stereocenters. The molecule has 0 saturated heterocycles. The van der Waals surface area contributed by atoms with Gasteiger partial charge in [-0.15, -0.1) is 0 Å². The second-order valence-electron chi connectivity index (χ2n) is 3.73. The minimum absolute atomic E-state index is 0.262. The first-order valence-corrected chi connectivity index (χ1v) is 5.78. The third-order valence-corrected chi connectivity index (χ3v) is 2.42. The minimum atomic E-state index is -0.657. The Kier molecular flexibility index (Phi) is 3.92. The number of nitrogens with zero attached hydrogens (tertiary/aromatic N) is 1. The van der Waals surface area contributed by atoms with Gasteiger partial charge in [-0.2, -0.15) is 5.10 Å². The van der Waals surface area contributed by atoms with E-state index < -0.39 is 6.09 Å². The number of hydrazone groups is 1. The van der Waals surface area contributed by atoms with Crippen LogP contribution in [0.2, 0.25) is 0 Å². The van der Waals surface area contributed by atoms with Crippen LogP contribution in [0.25, 0.3) is 10.9 Å². The molecular formula is C13H13N3O3. The molecule has 6 nitrogen and oxygen atoms in total. The predicted octanol–water partition coefficient (Wildman–Crippen LogP) is 1.61. The van der Waals surface area contributed by atoms with E-state index >= 15 is 0 Å². The van der Waals surface area contributed by atoms with Gasteiger partial charge in [-0.1, -0.05) is 18.2 Å². The van der Waals surface area contributed by atoms with Gasteiger partial charge in [0.25, 0.3) is 5.56 Å². The van der Waals surface area contributed by atoms with Crippen molar-refractivity contribution in [2.24, 2.45) is 5.10 Å². The van der Waals surface area contributed by atoms with E-state index in [0.29, 0.717) is 5.56 Å². The number of pyridine rings is 1. The summed E-state index contributed by atoms with van der Waals surface area (Å²) < 4.78 is 4.63. The van der Waals surface area contributed by atoms with Gasteiger partial charge >= 0.3 is 6.09 Å². The zero-order valence-electron chi connectivity index (χ0n) is 10.3. The Hall–Kier alpha value is -2.63. The molecule has 1 aromatic carbocycles. The molecule has 1 aromatic heterocycles. The number of rotatable bonds is 3. The summed E-state index contributed by atoms with van der Waals surface area (Å²) in [5.41, 5.74) is 3.00. The number of carbonyl (C=O) groups is 1. The van der Waals surface area contributed by atoms with E-state index in [2.05, 4.69) is 20.2 Å². The highest BCUT2D eigenvalue weighted by atomic mass is 16.5. The van der Waals surface area contributed by atoms with Gasteiger partial charge < -0.3 is 9.72 Å². The molecule has 2 N–H and O–H groups in total. The van der Waals surface area contributed by atoms with Crippen molar-refractivity contribution < 1.29 is 9.53 Å². The molecule has 6 heteroatoms. The van der Waals surface area contributed by atoms with Crippen LogP contribution in [0.4, 0.5) is 4.79 Å². The number of amides is 1. The zero-order valence-corrected chi connectivity index (χ0v) is 10.3. The largest absolute Gasteiger partial charge is 0.449 e. The molecule has 1 amide bonds. The lowest BCUT2D eigenvalue weighted by molar-refractivity contribution is 0.152. The fraction of sp³-hybridized carbons (Fsp3) is 0.154. The first-order chi connectivity index (χ1) is 9.20. The maximum absolute atomic E-state index is 11.7. The molecule has 2 rings (SSSR count). The molecule has 2 aromatic rings. The lowest BCUT2D eigenvalue weighted by Crippen LogP contribution is -2.20. The van der Waals surface area contributed by atoms with Gasteiger partial charge in [0.15, 0.2) is 0 Å². The summed E-state index contributed by atoms with van der Waals surface area (Å²) in [7, 11) is 0. The van der Waals surface area contributed by atoms with Crippen LogP contribution in [0, 0.1) is 0 Å². The summed E-state index contributed by atoms with van der Waals surface area (Å²) in [6.45, 7) is 1.95. The van der Waals surface area contributed by atoms with Crippen molar-refractivity contribution in [2.45, 2.75) is 6.92 Å². The smallest absolute Gasteiger partial charge is 0.427 e. The lowest BCUT2D eigenvalue weighted by Gasteiger charge is -2.00. The van der Waals surface area contributed by atoms with Crippen LogP contribution in [-0.2, 0) is 4.74 Å². The molecule has 19 heavy (non-hydrogen) atoms. The normalized spacial score (nSPS) is 10.8. The van der Waals surface area contributed by atoms with Crippen LogP contribution in [0.5, 0.6) is 0 Å². The molecule has 0 radical (unpaired) electrons. The quantitative estimate of drug-likeness (QED) is 0.648. The van der Waals surface area contributed by atoms with Gasteiger partial charge in [0.2, 0.25) is 0 Å². The topological polar surface area (TPSA) is 83.5 Å². The fourth-order valence-electron chi connectivity index (χ4n) is 1.58. The Morgan fingerprint density at radius 1 is 1.47 bits per heavy atom. The Labute approximate surface area is 109 Å².